The van der Waals surface area contributed by atoms with Gasteiger partial charge in [0.05, 0.1) is 25.5 Å². The molecule has 0 aliphatic carbocycles. The van der Waals surface area contributed by atoms with Gasteiger partial charge < -0.3 is 14.6 Å². The van der Waals surface area contributed by atoms with Crippen molar-refractivity contribution in [3.05, 3.63) is 82.1 Å². The zero-order valence-corrected chi connectivity index (χ0v) is 19.4. The van der Waals surface area contributed by atoms with Crippen LogP contribution in [0.2, 0.25) is 0 Å². The van der Waals surface area contributed by atoms with E-state index < -0.39 is 11.6 Å². The number of nitrogens with one attached hydrogen (secondary N) is 1. The van der Waals surface area contributed by atoms with Crippen LogP contribution in [-0.2, 0) is 11.3 Å². The summed E-state index contributed by atoms with van der Waals surface area (Å²) >= 11 is 0. The first-order chi connectivity index (χ1) is 17.5. The lowest BCUT2D eigenvalue weighted by atomic mass is 10.1. The van der Waals surface area contributed by atoms with Crippen LogP contribution in [0.15, 0.2) is 63.9 Å². The van der Waals surface area contributed by atoms with Gasteiger partial charge in [0.1, 0.15) is 11.6 Å². The minimum atomic E-state index is -0.715. The van der Waals surface area contributed by atoms with Gasteiger partial charge in [0.15, 0.2) is 0 Å². The number of morpholine rings is 1. The van der Waals surface area contributed by atoms with Gasteiger partial charge >= 0.3 is 6.01 Å². The highest BCUT2D eigenvalue weighted by Gasteiger charge is 2.13. The van der Waals surface area contributed by atoms with Crippen molar-refractivity contribution in [3.63, 3.8) is 0 Å². The first-order valence-electron chi connectivity index (χ1n) is 11.6. The van der Waals surface area contributed by atoms with E-state index in [0.29, 0.717) is 23.9 Å². The van der Waals surface area contributed by atoms with E-state index in [9.17, 15) is 13.6 Å². The number of anilines is 1. The number of rotatable bonds is 8. The zero-order valence-electron chi connectivity index (χ0n) is 19.4. The summed E-state index contributed by atoms with van der Waals surface area (Å²) in [5.41, 5.74) is 1.68. The van der Waals surface area contributed by atoms with Crippen molar-refractivity contribution in [2.24, 2.45) is 0 Å². The minimum absolute atomic E-state index is 0.154. The Kier molecular flexibility index (Phi) is 7.10. The van der Waals surface area contributed by atoms with Crippen LogP contribution in [-0.4, -0.2) is 64.2 Å². The number of hydrogen-bond acceptors (Lipinski definition) is 8. The molecule has 3 heterocycles. The van der Waals surface area contributed by atoms with E-state index in [1.165, 1.54) is 28.9 Å². The number of halogens is 2. The highest BCUT2D eigenvalue weighted by atomic mass is 19.1. The summed E-state index contributed by atoms with van der Waals surface area (Å²) in [5, 5.41) is 11.5. The summed E-state index contributed by atoms with van der Waals surface area (Å²) in [5.74, 6) is -1.02. The average molecular weight is 495 g/mol. The van der Waals surface area contributed by atoms with Crippen molar-refractivity contribution < 1.29 is 18.0 Å². The Bertz CT molecular complexity index is 1380. The Labute approximate surface area is 205 Å². The molecule has 36 heavy (non-hydrogen) atoms. The number of nitrogens with zero attached hydrogens (tertiary/aromatic N) is 5. The van der Waals surface area contributed by atoms with E-state index in [1.807, 2.05) is 24.3 Å². The van der Waals surface area contributed by atoms with Crippen LogP contribution in [0.5, 0.6) is 0 Å². The van der Waals surface area contributed by atoms with Gasteiger partial charge in [0.2, 0.25) is 5.82 Å². The van der Waals surface area contributed by atoms with Crippen LogP contribution < -0.4 is 10.9 Å². The van der Waals surface area contributed by atoms with Crippen LogP contribution >= 0.6 is 0 Å². The molecule has 11 heteroatoms. The van der Waals surface area contributed by atoms with Crippen molar-refractivity contribution in [2.75, 3.05) is 44.7 Å². The van der Waals surface area contributed by atoms with Gasteiger partial charge in [-0.2, -0.15) is 10.1 Å². The maximum absolute atomic E-state index is 13.6. The summed E-state index contributed by atoms with van der Waals surface area (Å²) in [6, 6.07) is 13.6. The molecule has 0 amide bonds. The van der Waals surface area contributed by atoms with Gasteiger partial charge in [0, 0.05) is 49.4 Å². The molecule has 1 fully saturated rings. The molecule has 1 saturated heterocycles. The van der Waals surface area contributed by atoms with Crippen LogP contribution in [0.3, 0.4) is 0 Å². The van der Waals surface area contributed by atoms with Crippen molar-refractivity contribution in [3.8, 4) is 22.6 Å². The van der Waals surface area contributed by atoms with Crippen LogP contribution in [0.4, 0.5) is 14.8 Å². The number of hydrogen-bond donors (Lipinski definition) is 1. The Balaban J connectivity index is 1.28. The Hall–Kier alpha value is -3.96. The monoisotopic (exact) mass is 494 g/mol. The van der Waals surface area contributed by atoms with Crippen molar-refractivity contribution in [1.82, 2.24) is 24.8 Å². The fourth-order valence-corrected chi connectivity index (χ4v) is 3.96. The van der Waals surface area contributed by atoms with Crippen LogP contribution in [0.25, 0.3) is 22.6 Å². The van der Waals surface area contributed by atoms with Gasteiger partial charge in [-0.3, -0.25) is 9.69 Å². The molecule has 1 aliphatic heterocycles. The second kappa shape index (κ2) is 10.8. The fourth-order valence-electron chi connectivity index (χ4n) is 3.96. The maximum atomic E-state index is 13.6. The molecule has 186 valence electrons. The third kappa shape index (κ3) is 5.81. The van der Waals surface area contributed by atoms with Crippen LogP contribution in [0.1, 0.15) is 5.56 Å². The second-order valence-electron chi connectivity index (χ2n) is 8.38. The second-order valence-corrected chi connectivity index (χ2v) is 8.38. The molecule has 5 rings (SSSR count). The Morgan fingerprint density at radius 3 is 2.58 bits per heavy atom. The summed E-state index contributed by atoms with van der Waals surface area (Å²) in [6.07, 6.45) is 0. The van der Waals surface area contributed by atoms with Crippen molar-refractivity contribution >= 4 is 6.01 Å². The van der Waals surface area contributed by atoms with Crippen molar-refractivity contribution in [2.45, 2.75) is 6.54 Å². The van der Waals surface area contributed by atoms with Gasteiger partial charge in [-0.05, 0) is 29.8 Å². The molecule has 0 radical (unpaired) electrons. The summed E-state index contributed by atoms with van der Waals surface area (Å²) in [7, 11) is 0. The summed E-state index contributed by atoms with van der Waals surface area (Å²) < 4.78 is 39.2. The molecule has 9 nitrogen and oxygen atoms in total. The smallest absolute Gasteiger partial charge is 0.321 e. The number of benzene rings is 2. The van der Waals surface area contributed by atoms with E-state index in [2.05, 4.69) is 25.5 Å². The first-order valence-corrected chi connectivity index (χ1v) is 11.6. The first kappa shape index (κ1) is 23.8. The SMILES string of the molecule is O=c1ccc(-c2cc(F)cc(F)c2)nn1Cc1cccc(-c2noc(NCCN3CCOCC3)n2)c1. The highest BCUT2D eigenvalue weighted by Crippen LogP contribution is 2.21. The molecule has 2 aromatic carbocycles. The average Bonchev–Trinajstić information content (AvgIpc) is 3.35. The number of aromatic nitrogens is 4. The molecule has 4 aromatic rings. The third-order valence-corrected chi connectivity index (χ3v) is 5.78. The van der Waals surface area contributed by atoms with Gasteiger partial charge in [0.25, 0.3) is 5.56 Å². The van der Waals surface area contributed by atoms with E-state index in [0.717, 1.165) is 44.5 Å². The molecular formula is C25H24F2N6O3. The zero-order chi connectivity index (χ0) is 24.9. The van der Waals surface area contributed by atoms with E-state index in [4.69, 9.17) is 9.26 Å². The molecule has 1 aliphatic rings. The topological polar surface area (TPSA) is 98.3 Å². The van der Waals surface area contributed by atoms with E-state index in [-0.39, 0.29) is 23.4 Å². The largest absolute Gasteiger partial charge is 0.379 e. The quantitative estimate of drug-likeness (QED) is 0.399. The lowest BCUT2D eigenvalue weighted by Crippen LogP contribution is -2.39. The lowest BCUT2D eigenvalue weighted by Gasteiger charge is -2.26. The lowest BCUT2D eigenvalue weighted by molar-refractivity contribution is 0.0398. The van der Waals surface area contributed by atoms with Gasteiger partial charge in [-0.25, -0.2) is 13.5 Å². The Morgan fingerprint density at radius 1 is 0.972 bits per heavy atom. The van der Waals surface area contributed by atoms with Gasteiger partial charge in [-0.15, -0.1) is 0 Å². The van der Waals surface area contributed by atoms with Gasteiger partial charge in [-0.1, -0.05) is 23.4 Å². The standard InChI is InChI=1S/C25H24F2N6O3/c26-20-13-19(14-21(27)15-20)22-4-5-23(34)33(30-22)16-17-2-1-3-18(12-17)24-29-25(36-31-24)28-6-7-32-8-10-35-11-9-32/h1-5,12-15H,6-11,16H2,(H,28,29,31). The van der Waals surface area contributed by atoms with E-state index in [1.54, 1.807) is 0 Å². The normalized spacial score (nSPS) is 14.2. The summed E-state index contributed by atoms with van der Waals surface area (Å²) in [4.78, 5) is 19.1. The molecule has 2 aromatic heterocycles. The third-order valence-electron chi connectivity index (χ3n) is 5.78. The van der Waals surface area contributed by atoms with Crippen molar-refractivity contribution in [1.29, 1.82) is 0 Å². The molecule has 0 saturated carbocycles. The maximum Gasteiger partial charge on any atom is 0.321 e. The predicted molar refractivity (Wildman–Crippen MR) is 128 cm³/mol. The minimum Gasteiger partial charge on any atom is -0.379 e. The molecule has 0 atom stereocenters. The fraction of sp³-hybridized carbons (Fsp3) is 0.280. The molecule has 0 spiro atoms. The number of ether oxygens (including phenoxy) is 1. The Morgan fingerprint density at radius 2 is 1.78 bits per heavy atom. The molecule has 1 N–H and O–H groups in total. The molecular weight excluding hydrogens is 470 g/mol. The predicted octanol–water partition coefficient (Wildman–Crippen LogP) is 3.03. The van der Waals surface area contributed by atoms with E-state index >= 15 is 0 Å². The molecule has 0 unspecified atom stereocenters. The summed E-state index contributed by atoms with van der Waals surface area (Å²) in [6.45, 7) is 4.97. The van der Waals surface area contributed by atoms with Crippen LogP contribution in [0, 0.1) is 11.6 Å². The molecule has 0 bridgehead atoms. The highest BCUT2D eigenvalue weighted by molar-refractivity contribution is 5.59.